The summed E-state index contributed by atoms with van der Waals surface area (Å²) in [7, 11) is 0. The second-order valence-electron chi connectivity index (χ2n) is 6.00. The van der Waals surface area contributed by atoms with Gasteiger partial charge in [-0.25, -0.2) is 4.98 Å². The summed E-state index contributed by atoms with van der Waals surface area (Å²) >= 11 is 1.31. The Morgan fingerprint density at radius 3 is 2.38 bits per heavy atom. The molecule has 3 nitrogen and oxygen atoms in total. The molecule has 2 aromatic rings. The maximum atomic E-state index is 12.6. The lowest BCUT2D eigenvalue weighted by molar-refractivity contribution is -0.137. The van der Waals surface area contributed by atoms with E-state index in [0.717, 1.165) is 12.1 Å². The average molecular weight is 356 g/mol. The third-order valence-electron chi connectivity index (χ3n) is 3.74. The van der Waals surface area contributed by atoms with Crippen molar-refractivity contribution in [1.29, 1.82) is 0 Å². The van der Waals surface area contributed by atoms with Crippen molar-refractivity contribution in [2.24, 2.45) is 5.92 Å². The monoisotopic (exact) mass is 356 g/mol. The Bertz CT molecular complexity index is 693. The zero-order valence-electron chi connectivity index (χ0n) is 13.6. The summed E-state index contributed by atoms with van der Waals surface area (Å²) in [5.41, 5.74) is 0.531. The van der Waals surface area contributed by atoms with Gasteiger partial charge in [0.2, 0.25) is 5.91 Å². The number of thiazole rings is 1. The van der Waals surface area contributed by atoms with E-state index in [0.29, 0.717) is 22.2 Å². The van der Waals surface area contributed by atoms with E-state index in [1.807, 2.05) is 20.8 Å². The first-order valence-corrected chi connectivity index (χ1v) is 8.46. The minimum Gasteiger partial charge on any atom is -0.353 e. The van der Waals surface area contributed by atoms with Gasteiger partial charge in [-0.15, -0.1) is 11.3 Å². The van der Waals surface area contributed by atoms with Crippen molar-refractivity contribution in [2.75, 3.05) is 0 Å². The van der Waals surface area contributed by atoms with Crippen LogP contribution in [-0.4, -0.2) is 16.9 Å². The van der Waals surface area contributed by atoms with Gasteiger partial charge in [0.25, 0.3) is 0 Å². The molecule has 1 heterocycles. The van der Waals surface area contributed by atoms with Gasteiger partial charge >= 0.3 is 6.18 Å². The van der Waals surface area contributed by atoms with Gasteiger partial charge < -0.3 is 5.32 Å². The number of hydrogen-bond acceptors (Lipinski definition) is 3. The van der Waals surface area contributed by atoms with Crippen LogP contribution in [0.5, 0.6) is 0 Å². The molecule has 0 radical (unpaired) electrons. The van der Waals surface area contributed by atoms with Gasteiger partial charge in [0.05, 0.1) is 17.7 Å². The molecule has 7 heteroatoms. The highest BCUT2D eigenvalue weighted by Crippen LogP contribution is 2.31. The fourth-order valence-corrected chi connectivity index (χ4v) is 2.78. The summed E-state index contributed by atoms with van der Waals surface area (Å²) in [6, 6.07) is 4.94. The Hall–Kier alpha value is -1.89. The topological polar surface area (TPSA) is 42.0 Å². The van der Waals surface area contributed by atoms with Gasteiger partial charge in [-0.2, -0.15) is 13.2 Å². The van der Waals surface area contributed by atoms with Gasteiger partial charge in [0, 0.05) is 17.0 Å². The number of carbonyl (C=O) groups excluding carboxylic acids is 1. The fourth-order valence-electron chi connectivity index (χ4n) is 1.96. The van der Waals surface area contributed by atoms with Gasteiger partial charge in [-0.3, -0.25) is 4.79 Å². The van der Waals surface area contributed by atoms with Crippen LogP contribution in [-0.2, 0) is 17.4 Å². The molecule has 0 aliphatic heterocycles. The molecule has 1 unspecified atom stereocenters. The second kappa shape index (κ2) is 7.34. The third-order valence-corrected chi connectivity index (χ3v) is 4.68. The normalized spacial score (nSPS) is 13.1. The summed E-state index contributed by atoms with van der Waals surface area (Å²) in [6.07, 6.45) is -4.19. The number of rotatable bonds is 5. The quantitative estimate of drug-likeness (QED) is 0.855. The summed E-state index contributed by atoms with van der Waals surface area (Å²) in [6.45, 7) is 5.99. The first kappa shape index (κ1) is 18.4. The van der Waals surface area contributed by atoms with Crippen molar-refractivity contribution in [3.05, 3.63) is 40.9 Å². The van der Waals surface area contributed by atoms with Crippen LogP contribution in [0, 0.1) is 5.92 Å². The van der Waals surface area contributed by atoms with E-state index < -0.39 is 11.7 Å². The predicted molar refractivity (Wildman–Crippen MR) is 88.7 cm³/mol. The van der Waals surface area contributed by atoms with E-state index in [9.17, 15) is 18.0 Å². The lowest BCUT2D eigenvalue weighted by Gasteiger charge is -2.16. The van der Waals surface area contributed by atoms with Crippen LogP contribution in [0.15, 0.2) is 29.6 Å². The Balaban J connectivity index is 2.04. The fraction of sp³-hybridized carbons (Fsp3) is 0.412. The van der Waals surface area contributed by atoms with Crippen molar-refractivity contribution in [1.82, 2.24) is 10.3 Å². The van der Waals surface area contributed by atoms with Gasteiger partial charge in [-0.1, -0.05) is 26.0 Å². The number of aromatic nitrogens is 1. The van der Waals surface area contributed by atoms with E-state index >= 15 is 0 Å². The number of halogens is 3. The number of alkyl halides is 3. The average Bonchev–Trinajstić information content (AvgIpc) is 2.94. The SMILES string of the molecule is CC(C)C(C)NC(=O)Cc1csc(-c2ccc(C(F)(F)F)cc2)n1. The van der Waals surface area contributed by atoms with E-state index in [1.54, 1.807) is 5.38 Å². The Morgan fingerprint density at radius 1 is 1.21 bits per heavy atom. The molecule has 2 rings (SSSR count). The predicted octanol–water partition coefficient (Wildman–Crippen LogP) is 4.53. The molecule has 0 aliphatic rings. The summed E-state index contributed by atoms with van der Waals surface area (Å²) in [5.74, 6) is 0.229. The van der Waals surface area contributed by atoms with Crippen LogP contribution in [0.25, 0.3) is 10.6 Å². The third kappa shape index (κ3) is 4.80. The summed E-state index contributed by atoms with van der Waals surface area (Å²) in [4.78, 5) is 16.3. The minimum absolute atomic E-state index is 0.0746. The Morgan fingerprint density at radius 2 is 1.83 bits per heavy atom. The van der Waals surface area contributed by atoms with Crippen LogP contribution < -0.4 is 5.32 Å². The first-order chi connectivity index (χ1) is 11.2. The largest absolute Gasteiger partial charge is 0.416 e. The van der Waals surface area contributed by atoms with Gasteiger partial charge in [0.1, 0.15) is 5.01 Å². The van der Waals surface area contributed by atoms with E-state index in [4.69, 9.17) is 0 Å². The summed E-state index contributed by atoms with van der Waals surface area (Å²) in [5, 5.41) is 5.26. The van der Waals surface area contributed by atoms with E-state index in [2.05, 4.69) is 10.3 Å². The highest BCUT2D eigenvalue weighted by molar-refractivity contribution is 7.13. The number of carbonyl (C=O) groups is 1. The zero-order valence-corrected chi connectivity index (χ0v) is 14.5. The van der Waals surface area contributed by atoms with E-state index in [-0.39, 0.29) is 18.4 Å². The van der Waals surface area contributed by atoms with Gasteiger partial charge in [-0.05, 0) is 25.0 Å². The van der Waals surface area contributed by atoms with Crippen LogP contribution in [0.1, 0.15) is 32.0 Å². The molecule has 0 saturated heterocycles. The lowest BCUT2D eigenvalue weighted by atomic mass is 10.1. The Kier molecular flexibility index (Phi) is 5.64. The first-order valence-electron chi connectivity index (χ1n) is 7.58. The van der Waals surface area contributed by atoms with Crippen molar-refractivity contribution >= 4 is 17.2 Å². The molecule has 130 valence electrons. The second-order valence-corrected chi connectivity index (χ2v) is 6.85. The van der Waals surface area contributed by atoms with E-state index in [1.165, 1.54) is 23.5 Å². The lowest BCUT2D eigenvalue weighted by Crippen LogP contribution is -2.37. The standard InChI is InChI=1S/C17H19F3N2OS/c1-10(2)11(3)21-15(23)8-14-9-24-16(22-14)12-4-6-13(7-5-12)17(18,19)20/h4-7,9-11H,8H2,1-3H3,(H,21,23). The van der Waals surface area contributed by atoms with Crippen LogP contribution in [0.4, 0.5) is 13.2 Å². The number of nitrogens with zero attached hydrogens (tertiary/aromatic N) is 1. The molecule has 0 bridgehead atoms. The van der Waals surface area contributed by atoms with Crippen molar-refractivity contribution in [2.45, 2.75) is 39.4 Å². The summed E-state index contributed by atoms with van der Waals surface area (Å²) < 4.78 is 37.7. The maximum absolute atomic E-state index is 12.6. The smallest absolute Gasteiger partial charge is 0.353 e. The van der Waals surface area contributed by atoms with Gasteiger partial charge in [0.15, 0.2) is 0 Å². The molecular formula is C17H19F3N2OS. The van der Waals surface area contributed by atoms with Crippen LogP contribution in [0.3, 0.4) is 0 Å². The van der Waals surface area contributed by atoms with Crippen molar-refractivity contribution in [3.63, 3.8) is 0 Å². The molecule has 1 atom stereocenters. The number of nitrogens with one attached hydrogen (secondary N) is 1. The molecule has 1 aromatic carbocycles. The highest BCUT2D eigenvalue weighted by atomic mass is 32.1. The molecule has 0 fully saturated rings. The molecule has 1 amide bonds. The highest BCUT2D eigenvalue weighted by Gasteiger charge is 2.30. The molecule has 0 spiro atoms. The van der Waals surface area contributed by atoms with Crippen molar-refractivity contribution < 1.29 is 18.0 Å². The molecule has 24 heavy (non-hydrogen) atoms. The van der Waals surface area contributed by atoms with Crippen molar-refractivity contribution in [3.8, 4) is 10.6 Å². The molecule has 1 N–H and O–H groups in total. The molecule has 0 aliphatic carbocycles. The Labute approximate surface area is 142 Å². The minimum atomic E-state index is -4.35. The van der Waals surface area contributed by atoms with Crippen LogP contribution in [0.2, 0.25) is 0 Å². The zero-order chi connectivity index (χ0) is 17.9. The van der Waals surface area contributed by atoms with Crippen LogP contribution >= 0.6 is 11.3 Å². The number of amides is 1. The maximum Gasteiger partial charge on any atom is 0.416 e. The number of benzene rings is 1. The number of hydrogen-bond donors (Lipinski definition) is 1. The molecule has 1 aromatic heterocycles. The molecule has 0 saturated carbocycles. The molecular weight excluding hydrogens is 337 g/mol.